The molecule has 68 valence electrons. The number of hydrogen-bond acceptors (Lipinski definition) is 3. The number of fused-ring (bicyclic) bond motifs is 1. The van der Waals surface area contributed by atoms with Crippen LogP contribution in [0.25, 0.3) is 0 Å². The molecule has 0 spiro atoms. The van der Waals surface area contributed by atoms with Gasteiger partial charge in [0.05, 0.1) is 5.56 Å². The molecule has 13 heavy (non-hydrogen) atoms. The molecule has 0 saturated heterocycles. The van der Waals surface area contributed by atoms with Crippen LogP contribution in [0.5, 0.6) is 0 Å². The zero-order valence-electron chi connectivity index (χ0n) is 7.22. The van der Waals surface area contributed by atoms with Crippen molar-refractivity contribution in [2.24, 2.45) is 0 Å². The molecule has 0 fully saturated rings. The number of hydrogen-bond donors (Lipinski definition) is 1. The van der Waals surface area contributed by atoms with Crippen LogP contribution in [-0.2, 0) is 11.5 Å². The number of nitrogens with one attached hydrogen (secondary N) is 1. The van der Waals surface area contributed by atoms with Crippen LogP contribution in [0.1, 0.15) is 28.5 Å². The maximum absolute atomic E-state index is 11.3. The summed E-state index contributed by atoms with van der Waals surface area (Å²) in [5.74, 6) is 1.58. The van der Waals surface area contributed by atoms with Gasteiger partial charge in [-0.1, -0.05) is 0 Å². The quantitative estimate of drug-likeness (QED) is 0.688. The number of rotatable bonds is 1. The Bertz CT molecular complexity index is 422. The highest BCUT2D eigenvalue weighted by atomic mass is 32.2. The van der Waals surface area contributed by atoms with Gasteiger partial charge in [-0.05, 0) is 18.6 Å². The molecule has 0 aromatic carbocycles. The molecule has 1 aromatic rings. The predicted molar refractivity (Wildman–Crippen MR) is 52.1 cm³/mol. The first-order chi connectivity index (χ1) is 6.18. The molecule has 0 unspecified atom stereocenters. The van der Waals surface area contributed by atoms with Crippen LogP contribution in [0.4, 0.5) is 0 Å². The molecular weight excluding hydrogens is 186 g/mol. The molecule has 1 aromatic heterocycles. The van der Waals surface area contributed by atoms with Gasteiger partial charge >= 0.3 is 0 Å². The van der Waals surface area contributed by atoms with Gasteiger partial charge < -0.3 is 4.98 Å². The molecule has 2 heterocycles. The molecule has 4 heteroatoms. The number of aromatic nitrogens is 1. The highest BCUT2D eigenvalue weighted by Gasteiger charge is 2.15. The van der Waals surface area contributed by atoms with E-state index in [0.29, 0.717) is 0 Å². The van der Waals surface area contributed by atoms with Gasteiger partial charge in [0.25, 0.3) is 5.56 Å². The summed E-state index contributed by atoms with van der Waals surface area (Å²) >= 11 is 1.75. The second kappa shape index (κ2) is 3.03. The molecule has 3 nitrogen and oxygen atoms in total. The van der Waals surface area contributed by atoms with E-state index in [-0.39, 0.29) is 16.9 Å². The number of pyridine rings is 1. The zero-order chi connectivity index (χ0) is 9.42. The summed E-state index contributed by atoms with van der Waals surface area (Å²) in [6, 6.07) is 1.72. The van der Waals surface area contributed by atoms with E-state index in [0.717, 1.165) is 22.8 Å². The first kappa shape index (κ1) is 8.56. The fraction of sp³-hybridized carbons (Fsp3) is 0.333. The molecule has 0 amide bonds. The van der Waals surface area contributed by atoms with Crippen LogP contribution in [0, 0.1) is 0 Å². The Hall–Kier alpha value is -1.03. The van der Waals surface area contributed by atoms with Crippen molar-refractivity contribution >= 4 is 17.5 Å². The van der Waals surface area contributed by atoms with Crippen molar-refractivity contribution < 1.29 is 4.79 Å². The van der Waals surface area contributed by atoms with Crippen LogP contribution in [0.3, 0.4) is 0 Å². The Labute approximate surface area is 79.6 Å². The molecule has 2 rings (SSSR count). The van der Waals surface area contributed by atoms with Crippen LogP contribution in [0.15, 0.2) is 10.9 Å². The van der Waals surface area contributed by atoms with Crippen LogP contribution >= 0.6 is 11.8 Å². The summed E-state index contributed by atoms with van der Waals surface area (Å²) < 4.78 is 0. The summed E-state index contributed by atoms with van der Waals surface area (Å²) in [6.45, 7) is 1.42. The number of ketones is 1. The van der Waals surface area contributed by atoms with Gasteiger partial charge in [0.1, 0.15) is 0 Å². The monoisotopic (exact) mass is 195 g/mol. The second-order valence-electron chi connectivity index (χ2n) is 3.06. The minimum absolute atomic E-state index is 0.166. The lowest BCUT2D eigenvalue weighted by molar-refractivity contribution is 0.101. The summed E-state index contributed by atoms with van der Waals surface area (Å²) in [5, 5.41) is 0. The Balaban J connectivity index is 2.62. The van der Waals surface area contributed by atoms with Crippen molar-refractivity contribution in [2.75, 3.05) is 0 Å². The highest BCUT2D eigenvalue weighted by molar-refractivity contribution is 7.98. The topological polar surface area (TPSA) is 49.9 Å². The van der Waals surface area contributed by atoms with Gasteiger partial charge in [-0.2, -0.15) is 11.8 Å². The number of H-pyrrole nitrogens is 1. The summed E-state index contributed by atoms with van der Waals surface area (Å²) in [4.78, 5) is 25.1. The standard InChI is InChI=1S/C9H9NO2S/c1-5(11)7-2-6-3-13-4-8(6)10-9(7)12/h2H,3-4H2,1H3,(H,10,12). The van der Waals surface area contributed by atoms with E-state index in [4.69, 9.17) is 0 Å². The third-order valence-electron chi connectivity index (χ3n) is 2.10. The lowest BCUT2D eigenvalue weighted by Crippen LogP contribution is -2.17. The van der Waals surface area contributed by atoms with Crippen LogP contribution in [-0.4, -0.2) is 10.8 Å². The molecule has 0 saturated carbocycles. The van der Waals surface area contributed by atoms with E-state index in [1.54, 1.807) is 17.8 Å². The molecule has 0 atom stereocenters. The fourth-order valence-corrected chi connectivity index (χ4v) is 2.43. The number of thioether (sulfide) groups is 1. The van der Waals surface area contributed by atoms with E-state index in [1.807, 2.05) is 0 Å². The van der Waals surface area contributed by atoms with Gasteiger partial charge in [-0.15, -0.1) is 0 Å². The number of aromatic amines is 1. The van der Waals surface area contributed by atoms with Crippen molar-refractivity contribution in [1.29, 1.82) is 0 Å². The predicted octanol–water partition coefficient (Wildman–Crippen LogP) is 1.32. The Morgan fingerprint density at radius 2 is 2.31 bits per heavy atom. The molecule has 1 aliphatic heterocycles. The third-order valence-corrected chi connectivity index (χ3v) is 3.11. The molecule has 1 aliphatic rings. The smallest absolute Gasteiger partial charge is 0.259 e. The SMILES string of the molecule is CC(=O)c1cc2c([nH]c1=O)CSC2. The minimum atomic E-state index is -0.256. The largest absolute Gasteiger partial charge is 0.324 e. The fourth-order valence-electron chi connectivity index (χ4n) is 1.39. The molecule has 1 N–H and O–H groups in total. The molecule has 0 radical (unpaired) electrons. The van der Waals surface area contributed by atoms with Gasteiger partial charge in [-0.25, -0.2) is 0 Å². The first-order valence-electron chi connectivity index (χ1n) is 4.02. The maximum atomic E-state index is 11.3. The van der Waals surface area contributed by atoms with Crippen molar-refractivity contribution in [1.82, 2.24) is 4.98 Å². The minimum Gasteiger partial charge on any atom is -0.324 e. The summed E-state index contributed by atoms with van der Waals surface area (Å²) in [6.07, 6.45) is 0. The molecular formula is C9H9NO2S. The third kappa shape index (κ3) is 1.42. The average Bonchev–Trinajstić information content (AvgIpc) is 2.48. The van der Waals surface area contributed by atoms with Crippen LogP contribution in [0.2, 0.25) is 0 Å². The van der Waals surface area contributed by atoms with E-state index < -0.39 is 0 Å². The summed E-state index contributed by atoms with van der Waals surface area (Å²) in [5.41, 5.74) is 2.09. The van der Waals surface area contributed by atoms with E-state index in [2.05, 4.69) is 4.98 Å². The van der Waals surface area contributed by atoms with Crippen LogP contribution < -0.4 is 5.56 Å². The van der Waals surface area contributed by atoms with Crippen molar-refractivity contribution in [2.45, 2.75) is 18.4 Å². The van der Waals surface area contributed by atoms with E-state index in [9.17, 15) is 9.59 Å². The Morgan fingerprint density at radius 3 is 3.00 bits per heavy atom. The lowest BCUT2D eigenvalue weighted by atomic mass is 10.1. The number of carbonyl (C=O) groups excluding carboxylic acids is 1. The first-order valence-corrected chi connectivity index (χ1v) is 5.17. The normalized spacial score (nSPS) is 14.2. The highest BCUT2D eigenvalue weighted by Crippen LogP contribution is 2.27. The second-order valence-corrected chi connectivity index (χ2v) is 4.05. The maximum Gasteiger partial charge on any atom is 0.259 e. The van der Waals surface area contributed by atoms with Gasteiger partial charge in [0.15, 0.2) is 5.78 Å². The van der Waals surface area contributed by atoms with E-state index in [1.165, 1.54) is 6.92 Å². The van der Waals surface area contributed by atoms with Gasteiger partial charge in [0.2, 0.25) is 0 Å². The molecule has 0 bridgehead atoms. The van der Waals surface area contributed by atoms with Gasteiger partial charge in [0, 0.05) is 17.2 Å². The van der Waals surface area contributed by atoms with Gasteiger partial charge in [-0.3, -0.25) is 9.59 Å². The molecule has 0 aliphatic carbocycles. The lowest BCUT2D eigenvalue weighted by Gasteiger charge is -1.99. The van der Waals surface area contributed by atoms with Crippen molar-refractivity contribution in [3.63, 3.8) is 0 Å². The van der Waals surface area contributed by atoms with Crippen molar-refractivity contribution in [3.05, 3.63) is 33.2 Å². The Morgan fingerprint density at radius 1 is 1.54 bits per heavy atom. The Kier molecular flexibility index (Phi) is 2.00. The zero-order valence-corrected chi connectivity index (χ0v) is 8.03. The summed E-state index contributed by atoms with van der Waals surface area (Å²) in [7, 11) is 0. The number of carbonyl (C=O) groups is 1. The van der Waals surface area contributed by atoms with E-state index >= 15 is 0 Å². The average molecular weight is 195 g/mol. The van der Waals surface area contributed by atoms with Crippen molar-refractivity contribution in [3.8, 4) is 0 Å². The number of Topliss-reactive ketones (excluding diaryl/α,β-unsaturated/α-hetero) is 1.